The van der Waals surface area contributed by atoms with Crippen molar-refractivity contribution < 1.29 is 15.0 Å². The molecule has 190 valence electrons. The van der Waals surface area contributed by atoms with Gasteiger partial charge in [0.15, 0.2) is 28.5 Å². The summed E-state index contributed by atoms with van der Waals surface area (Å²) in [6.45, 7) is 0.756. The Balaban J connectivity index is 1.31. The molecule has 7 rings (SSSR count). The normalized spacial score (nSPS) is 28.3. The van der Waals surface area contributed by atoms with E-state index >= 15 is 0 Å². The third kappa shape index (κ3) is 3.32. The minimum absolute atomic E-state index is 0.246. The lowest BCUT2D eigenvalue weighted by Crippen LogP contribution is -2.41. The van der Waals surface area contributed by atoms with E-state index in [0.717, 1.165) is 6.54 Å². The molecular formula is C23H25N11O3. The van der Waals surface area contributed by atoms with Gasteiger partial charge in [-0.25, -0.2) is 15.0 Å². The first-order valence-corrected chi connectivity index (χ1v) is 12.3. The quantitative estimate of drug-likeness (QED) is 0.260. The lowest BCUT2D eigenvalue weighted by Gasteiger charge is -2.23. The summed E-state index contributed by atoms with van der Waals surface area (Å²) >= 11 is 0. The molecule has 4 N–H and O–H groups in total. The number of hydrogen-bond donors (Lipinski definition) is 4. The van der Waals surface area contributed by atoms with Crippen LogP contribution >= 0.6 is 0 Å². The number of nitrogens with one attached hydrogen (secondary N) is 2. The summed E-state index contributed by atoms with van der Waals surface area (Å²) in [5.74, 6) is 1.30. The Bertz CT molecular complexity index is 1500. The zero-order valence-electron chi connectivity index (χ0n) is 19.9. The summed E-state index contributed by atoms with van der Waals surface area (Å²) in [5.41, 5.74) is 0.463. The highest BCUT2D eigenvalue weighted by molar-refractivity contribution is 5.88. The Morgan fingerprint density at radius 2 is 2.00 bits per heavy atom. The number of anilines is 1. The molecular weight excluding hydrogens is 478 g/mol. The van der Waals surface area contributed by atoms with Gasteiger partial charge in [-0.15, -0.1) is 5.10 Å². The molecule has 0 aromatic carbocycles. The van der Waals surface area contributed by atoms with Crippen LogP contribution in [0.4, 0.5) is 5.82 Å². The fourth-order valence-corrected chi connectivity index (χ4v) is 5.59. The van der Waals surface area contributed by atoms with Gasteiger partial charge in [0.2, 0.25) is 5.91 Å². The molecule has 14 nitrogen and oxygen atoms in total. The number of nitrogens with zero attached hydrogens (tertiary/aromatic N) is 9. The van der Waals surface area contributed by atoms with Gasteiger partial charge in [0.05, 0.1) is 30.1 Å². The van der Waals surface area contributed by atoms with Crippen molar-refractivity contribution in [2.45, 2.75) is 37.5 Å². The molecule has 4 aromatic heterocycles. The first-order chi connectivity index (χ1) is 18.0. The molecule has 0 unspecified atom stereocenters. The monoisotopic (exact) mass is 503 g/mol. The Labute approximate surface area is 210 Å². The smallest absolute Gasteiger partial charge is 0.256 e. The largest absolute Gasteiger partial charge is 0.389 e. The van der Waals surface area contributed by atoms with Crippen molar-refractivity contribution in [3.8, 4) is 17.5 Å². The number of aliphatic hydroxyl groups excluding tert-OH is 2. The number of amides is 1. The van der Waals surface area contributed by atoms with Gasteiger partial charge in [-0.3, -0.25) is 4.79 Å². The molecule has 0 radical (unpaired) electrons. The number of fused-ring (bicyclic) bond motifs is 2. The third-order valence-corrected chi connectivity index (χ3v) is 7.80. The van der Waals surface area contributed by atoms with E-state index in [0.29, 0.717) is 40.8 Å². The Morgan fingerprint density at radius 1 is 1.19 bits per heavy atom. The number of aliphatic hydroxyl groups is 2. The number of carbonyl (C=O) groups is 1. The average Bonchev–Trinajstić information content (AvgIpc) is 3.77. The van der Waals surface area contributed by atoms with E-state index < -0.39 is 23.7 Å². The second-order valence-electron chi connectivity index (χ2n) is 10.00. The van der Waals surface area contributed by atoms with E-state index in [9.17, 15) is 15.0 Å². The Morgan fingerprint density at radius 3 is 2.76 bits per heavy atom. The Kier molecular flexibility index (Phi) is 4.78. The van der Waals surface area contributed by atoms with Crippen LogP contribution in [0.2, 0.25) is 0 Å². The van der Waals surface area contributed by atoms with Gasteiger partial charge in [0.25, 0.3) is 5.95 Å². The molecule has 5 atom stereocenters. The zero-order chi connectivity index (χ0) is 25.3. The lowest BCUT2D eigenvalue weighted by molar-refractivity contribution is -0.132. The summed E-state index contributed by atoms with van der Waals surface area (Å²) in [6.07, 6.45) is 6.97. The van der Waals surface area contributed by atoms with E-state index in [1.54, 1.807) is 35.6 Å². The van der Waals surface area contributed by atoms with Crippen molar-refractivity contribution in [1.82, 2.24) is 49.8 Å². The van der Waals surface area contributed by atoms with Crippen LogP contribution in [0.5, 0.6) is 0 Å². The Hall–Kier alpha value is -4.04. The predicted molar refractivity (Wildman–Crippen MR) is 128 cm³/mol. The van der Waals surface area contributed by atoms with Crippen LogP contribution in [0.1, 0.15) is 25.3 Å². The first kappa shape index (κ1) is 22.2. The lowest BCUT2D eigenvalue weighted by atomic mass is 9.98. The number of aromatic nitrogens is 9. The van der Waals surface area contributed by atoms with E-state index in [2.05, 4.69) is 40.9 Å². The maximum atomic E-state index is 12.6. The van der Waals surface area contributed by atoms with Crippen molar-refractivity contribution >= 4 is 22.9 Å². The third-order valence-electron chi connectivity index (χ3n) is 7.80. The molecule has 3 aliphatic carbocycles. The SMILES string of the molecule is CNC(=O)[C@@]12C[C@@H]1[C@@H](n1cnc3c(NCC4CC4)nc(-n4cc(-c5ncccn5)nn4)nc31)[C@@H](O)[C@H]2O. The van der Waals surface area contributed by atoms with E-state index in [4.69, 9.17) is 4.98 Å². The van der Waals surface area contributed by atoms with Crippen molar-refractivity contribution in [3.05, 3.63) is 31.0 Å². The van der Waals surface area contributed by atoms with Gasteiger partial charge in [0.1, 0.15) is 6.10 Å². The minimum Gasteiger partial charge on any atom is -0.389 e. The summed E-state index contributed by atoms with van der Waals surface area (Å²) in [6, 6.07) is 1.15. The highest BCUT2D eigenvalue weighted by Gasteiger charge is 2.75. The zero-order valence-corrected chi connectivity index (χ0v) is 19.9. The summed E-state index contributed by atoms with van der Waals surface area (Å²) < 4.78 is 3.19. The molecule has 0 spiro atoms. The summed E-state index contributed by atoms with van der Waals surface area (Å²) in [7, 11) is 1.54. The highest BCUT2D eigenvalue weighted by atomic mass is 16.3. The number of hydrogen-bond acceptors (Lipinski definition) is 11. The fraction of sp³-hybridized carbons (Fsp3) is 0.478. The standard InChI is InChI=1S/C23H25N11O3/c1-24-21(37)23-7-12(23)15(16(35)17(23)36)33-10-28-14-19(27-8-11-3-4-11)29-22(30-20(14)33)34-9-13(31-32-34)18-25-5-2-6-26-18/h2,5-6,9-12,15-17,35-36H,3-4,7-8H2,1H3,(H,24,37)(H,27,29,30)/t12-,15-,16-,17-,23+/m1/s1. The van der Waals surface area contributed by atoms with Crippen LogP contribution in [0.25, 0.3) is 28.6 Å². The molecule has 3 aliphatic rings. The molecule has 3 saturated carbocycles. The van der Waals surface area contributed by atoms with Crippen LogP contribution in [-0.2, 0) is 4.79 Å². The van der Waals surface area contributed by atoms with Crippen molar-refractivity contribution in [3.63, 3.8) is 0 Å². The summed E-state index contributed by atoms with van der Waals surface area (Å²) in [5, 5.41) is 36.2. The highest BCUT2D eigenvalue weighted by Crippen LogP contribution is 2.67. The van der Waals surface area contributed by atoms with E-state index in [1.165, 1.54) is 24.6 Å². The first-order valence-electron chi connectivity index (χ1n) is 12.3. The van der Waals surface area contributed by atoms with Gasteiger partial charge in [-0.1, -0.05) is 5.21 Å². The topological polar surface area (TPSA) is 182 Å². The van der Waals surface area contributed by atoms with E-state index in [1.807, 2.05) is 0 Å². The minimum atomic E-state index is -1.18. The van der Waals surface area contributed by atoms with Gasteiger partial charge < -0.3 is 25.4 Å². The molecule has 4 aromatic rings. The number of rotatable bonds is 7. The van der Waals surface area contributed by atoms with Gasteiger partial charge in [-0.05, 0) is 31.2 Å². The summed E-state index contributed by atoms with van der Waals surface area (Å²) in [4.78, 5) is 35.0. The van der Waals surface area contributed by atoms with Crippen LogP contribution < -0.4 is 10.6 Å². The molecule has 4 heterocycles. The maximum Gasteiger partial charge on any atom is 0.256 e. The van der Waals surface area contributed by atoms with Crippen molar-refractivity contribution in [2.24, 2.45) is 17.3 Å². The van der Waals surface area contributed by atoms with Crippen molar-refractivity contribution in [2.75, 3.05) is 18.9 Å². The predicted octanol–water partition coefficient (Wildman–Crippen LogP) is -0.285. The number of carbonyl (C=O) groups excluding carboxylic acids is 1. The maximum absolute atomic E-state index is 12.6. The fourth-order valence-electron chi connectivity index (χ4n) is 5.59. The second-order valence-corrected chi connectivity index (χ2v) is 10.00. The van der Waals surface area contributed by atoms with Gasteiger partial charge >= 0.3 is 0 Å². The van der Waals surface area contributed by atoms with Crippen LogP contribution in [0.15, 0.2) is 31.0 Å². The molecule has 0 bridgehead atoms. The molecule has 37 heavy (non-hydrogen) atoms. The molecule has 0 saturated heterocycles. The van der Waals surface area contributed by atoms with E-state index in [-0.39, 0.29) is 17.8 Å². The number of imidazole rings is 1. The van der Waals surface area contributed by atoms with Crippen LogP contribution in [-0.4, -0.2) is 86.4 Å². The second kappa shape index (κ2) is 7.98. The van der Waals surface area contributed by atoms with Crippen molar-refractivity contribution in [1.29, 1.82) is 0 Å². The van der Waals surface area contributed by atoms with Crippen LogP contribution in [0, 0.1) is 17.3 Å². The molecule has 3 fully saturated rings. The molecule has 0 aliphatic heterocycles. The average molecular weight is 504 g/mol. The van der Waals surface area contributed by atoms with Gasteiger partial charge in [-0.2, -0.15) is 14.6 Å². The van der Waals surface area contributed by atoms with Gasteiger partial charge in [0, 0.05) is 31.9 Å². The molecule has 14 heteroatoms. The molecule has 1 amide bonds. The van der Waals surface area contributed by atoms with Crippen LogP contribution in [0.3, 0.4) is 0 Å².